The van der Waals surface area contributed by atoms with Crippen molar-refractivity contribution in [1.82, 2.24) is 35.2 Å². The summed E-state index contributed by atoms with van der Waals surface area (Å²) in [5.41, 5.74) is -9.76. The van der Waals surface area contributed by atoms with Gasteiger partial charge in [-0.15, -0.1) is 0 Å². The summed E-state index contributed by atoms with van der Waals surface area (Å²) < 4.78 is 236. The first kappa shape index (κ1) is 70.1. The Labute approximate surface area is 510 Å². The average Bonchev–Trinajstić information content (AvgIpc) is 1.52. The number of halogens is 11. The Morgan fingerprint density at radius 3 is 2.01 bits per heavy atom. The molecule has 1 fully saturated rings. The van der Waals surface area contributed by atoms with Gasteiger partial charge in [0.1, 0.15) is 40.9 Å². The van der Waals surface area contributed by atoms with E-state index in [4.69, 9.17) is 29.9 Å². The number of alkyl carbamates (subject to hydrolysis) is 1. The topological polar surface area (TPSA) is 249 Å². The standard InChI is InChI=1S/C55H62ClF10N8O12PS2/c1-49(2,3)85-87(78,86-50(4,5)6)84-28-83-48(77)67-26-51(7,8)24-40(76)74(89(12,81)82)47-42-37(56)16-15-34(44(42)73(71-47)27-53(59,60)61)33-14-13-32(17-18-52(9,10)88(11,79)80)68-43(33)38(21-29-19-30(57)22-31(58)20-29)69-39(75)25-72-46-41(45(70-72)55(64,65)66)35-23-36(35)54(46,62)63/h13-16,19-20,22,35-36,38H,21,23-28H2,1-12H3,(H,67,77)(H,69,75)/t35-,36+,38-/m0/s1. The van der Waals surface area contributed by atoms with Crippen molar-refractivity contribution in [3.05, 3.63) is 93.0 Å². The number of phosphoric acid groups is 1. The summed E-state index contributed by atoms with van der Waals surface area (Å²) in [5.74, 6) is -7.58. The van der Waals surface area contributed by atoms with Gasteiger partial charge in [-0.05, 0) is 121 Å². The molecule has 2 aromatic carbocycles. The Kier molecular flexibility index (Phi) is 19.2. The third kappa shape index (κ3) is 16.8. The maximum absolute atomic E-state index is 15.7. The molecule has 1 saturated carbocycles. The zero-order valence-electron chi connectivity index (χ0n) is 49.7. The number of amides is 3. The first-order valence-corrected chi connectivity index (χ1v) is 32.4. The van der Waals surface area contributed by atoms with Gasteiger partial charge in [0.2, 0.25) is 28.6 Å². The van der Waals surface area contributed by atoms with Crippen LogP contribution in [-0.2, 0) is 83.9 Å². The lowest BCUT2D eigenvalue weighted by atomic mass is 9.89. The quantitative estimate of drug-likeness (QED) is 0.0318. The summed E-state index contributed by atoms with van der Waals surface area (Å²) in [7, 11) is -13.3. The molecule has 0 spiro atoms. The number of hydrogen-bond acceptors (Lipinski definition) is 15. The molecule has 0 aliphatic heterocycles. The summed E-state index contributed by atoms with van der Waals surface area (Å²) in [5, 5.41) is 11.0. The number of nitrogens with one attached hydrogen (secondary N) is 2. The molecule has 2 N–H and O–H groups in total. The molecular weight excluding hydrogens is 1290 g/mol. The van der Waals surface area contributed by atoms with Gasteiger partial charge in [0.15, 0.2) is 21.3 Å². The fraction of sp³-hybridized carbons (Fsp3) is 0.527. The molecule has 488 valence electrons. The van der Waals surface area contributed by atoms with Crippen molar-refractivity contribution >= 4 is 73.9 Å². The van der Waals surface area contributed by atoms with Crippen molar-refractivity contribution in [3.63, 3.8) is 0 Å². The number of hydrogen-bond donors (Lipinski definition) is 2. The highest BCUT2D eigenvalue weighted by Crippen LogP contribution is 2.68. The number of carbonyl (C=O) groups is 3. The molecule has 2 aliphatic rings. The normalized spacial score (nSPS) is 16.7. The Morgan fingerprint density at radius 1 is 0.865 bits per heavy atom. The highest BCUT2D eigenvalue weighted by Gasteiger charge is 2.68. The lowest BCUT2D eigenvalue weighted by Gasteiger charge is -2.30. The number of ether oxygens (including phenoxy) is 1. The molecule has 0 radical (unpaired) electrons. The second kappa shape index (κ2) is 24.4. The third-order valence-corrected chi connectivity index (χ3v) is 18.8. The van der Waals surface area contributed by atoms with E-state index in [2.05, 4.69) is 37.7 Å². The van der Waals surface area contributed by atoms with E-state index in [1.807, 2.05) is 0 Å². The van der Waals surface area contributed by atoms with Crippen LogP contribution in [-0.4, -0.2) is 107 Å². The van der Waals surface area contributed by atoms with Gasteiger partial charge >= 0.3 is 26.3 Å². The number of benzene rings is 2. The van der Waals surface area contributed by atoms with E-state index in [9.17, 15) is 70.9 Å². The van der Waals surface area contributed by atoms with Crippen LogP contribution in [0.15, 0.2) is 42.5 Å². The highest BCUT2D eigenvalue weighted by molar-refractivity contribution is 7.93. The monoisotopic (exact) mass is 1350 g/mol. The van der Waals surface area contributed by atoms with Gasteiger partial charge in [0.25, 0.3) is 5.92 Å². The van der Waals surface area contributed by atoms with E-state index in [1.165, 1.54) is 27.7 Å². The lowest BCUT2D eigenvalue weighted by Crippen LogP contribution is -2.42. The summed E-state index contributed by atoms with van der Waals surface area (Å²) in [6.07, 6.45) is -12.1. The molecule has 0 bridgehead atoms. The molecule has 3 atom stereocenters. The number of phosphoric ester groups is 1. The minimum absolute atomic E-state index is 0.0693. The van der Waals surface area contributed by atoms with E-state index in [1.54, 1.807) is 41.5 Å². The Morgan fingerprint density at radius 2 is 1.46 bits per heavy atom. The van der Waals surface area contributed by atoms with E-state index in [-0.39, 0.29) is 36.9 Å². The van der Waals surface area contributed by atoms with Crippen LogP contribution in [0, 0.1) is 34.8 Å². The van der Waals surface area contributed by atoms with Crippen LogP contribution in [0.25, 0.3) is 22.0 Å². The Bertz CT molecular complexity index is 3940. The van der Waals surface area contributed by atoms with Crippen molar-refractivity contribution in [1.29, 1.82) is 0 Å². The molecule has 3 amide bonds. The SMILES string of the molecule is CC(C)(CNC(=O)OCOP(=O)(OC(C)(C)C)OC(C)(C)C)CC(=O)N(c1nn(CC(F)(F)F)c2c(-c3ccc(C#CC(C)(C)S(C)(=O)=O)nc3[C@H](Cc3cc(F)cc(F)c3)NC(=O)Cn3nc(C(F)(F)F)c4c3C(F)(F)[C@@H]3C[C@H]43)ccc(Cl)c12)S(C)(=O)=O. The third-order valence-electron chi connectivity index (χ3n) is 13.6. The van der Waals surface area contributed by atoms with Gasteiger partial charge in [-0.3, -0.25) is 28.0 Å². The Hall–Kier alpha value is -6.36. The minimum Gasteiger partial charge on any atom is -0.422 e. The molecular formula is C55H62ClF10N8O12PS2. The summed E-state index contributed by atoms with van der Waals surface area (Å²) in [6.45, 7) is 9.76. The van der Waals surface area contributed by atoms with Gasteiger partial charge in [0, 0.05) is 47.9 Å². The lowest BCUT2D eigenvalue weighted by molar-refractivity contribution is -0.143. The van der Waals surface area contributed by atoms with Crippen molar-refractivity contribution in [2.75, 3.05) is 30.2 Å². The average molecular weight is 1350 g/mol. The van der Waals surface area contributed by atoms with E-state index >= 15 is 8.78 Å². The number of sulfone groups is 1. The maximum atomic E-state index is 15.7. The molecule has 7 rings (SSSR count). The van der Waals surface area contributed by atoms with Crippen LogP contribution in [0.2, 0.25) is 5.02 Å². The van der Waals surface area contributed by atoms with Crippen LogP contribution in [0.3, 0.4) is 0 Å². The highest BCUT2D eigenvalue weighted by atomic mass is 35.5. The molecule has 5 aromatic rings. The summed E-state index contributed by atoms with van der Waals surface area (Å²) >= 11 is 6.77. The molecule has 20 nitrogen and oxygen atoms in total. The van der Waals surface area contributed by atoms with Gasteiger partial charge in [0.05, 0.1) is 45.1 Å². The van der Waals surface area contributed by atoms with Crippen LogP contribution < -0.4 is 14.9 Å². The second-order valence-corrected chi connectivity index (χ2v) is 31.0. The fourth-order valence-corrected chi connectivity index (χ4v) is 12.7. The number of rotatable bonds is 20. The smallest absolute Gasteiger partial charge is 0.422 e. The predicted octanol–water partition coefficient (Wildman–Crippen LogP) is 11.4. The minimum atomic E-state index is -5.26. The first-order chi connectivity index (χ1) is 40.4. The summed E-state index contributed by atoms with van der Waals surface area (Å²) in [6, 6.07) is 4.58. The van der Waals surface area contributed by atoms with Gasteiger partial charge in [-0.25, -0.2) is 44.5 Å². The summed E-state index contributed by atoms with van der Waals surface area (Å²) in [4.78, 5) is 46.3. The van der Waals surface area contributed by atoms with Crippen molar-refractivity contribution in [2.24, 2.45) is 11.3 Å². The maximum Gasteiger partial charge on any atom is 0.478 e. The predicted molar refractivity (Wildman–Crippen MR) is 303 cm³/mol. The molecule has 89 heavy (non-hydrogen) atoms. The molecule has 3 heterocycles. The molecule has 34 heteroatoms. The van der Waals surface area contributed by atoms with Crippen LogP contribution in [0.5, 0.6) is 0 Å². The van der Waals surface area contributed by atoms with Crippen molar-refractivity contribution in [2.45, 2.75) is 148 Å². The van der Waals surface area contributed by atoms with Crippen molar-refractivity contribution in [3.8, 4) is 23.0 Å². The Balaban J connectivity index is 1.34. The number of fused-ring (bicyclic) bond motifs is 4. The molecule has 2 aliphatic carbocycles. The molecule has 0 saturated heterocycles. The fourth-order valence-electron chi connectivity index (χ4n) is 9.65. The van der Waals surface area contributed by atoms with Crippen LogP contribution in [0.4, 0.5) is 54.5 Å². The first-order valence-electron chi connectivity index (χ1n) is 26.8. The number of nitrogens with zero attached hydrogens (tertiary/aromatic N) is 6. The molecule has 3 aromatic heterocycles. The van der Waals surface area contributed by atoms with Gasteiger partial charge in [-0.2, -0.15) is 49.6 Å². The van der Waals surface area contributed by atoms with Gasteiger partial charge < -0.3 is 15.4 Å². The number of carbonyl (C=O) groups excluding carboxylic acids is 3. The van der Waals surface area contributed by atoms with E-state index < -0.39 is 204 Å². The number of pyridine rings is 1. The van der Waals surface area contributed by atoms with E-state index in [0.29, 0.717) is 12.3 Å². The number of alkyl halides is 8. The number of aromatic nitrogens is 5. The van der Waals surface area contributed by atoms with E-state index in [0.717, 1.165) is 42.7 Å². The second-order valence-electron chi connectivity index (χ2n) is 24.7. The van der Waals surface area contributed by atoms with Crippen LogP contribution in [0.1, 0.15) is 128 Å². The number of anilines is 1. The largest absolute Gasteiger partial charge is 0.478 e. The van der Waals surface area contributed by atoms with Crippen molar-refractivity contribution < 1.29 is 98.0 Å². The number of sulfonamides is 1. The van der Waals surface area contributed by atoms with Gasteiger partial charge in [-0.1, -0.05) is 37.4 Å². The zero-order valence-corrected chi connectivity index (χ0v) is 53.0. The zero-order chi connectivity index (χ0) is 67.0. The molecule has 0 unspecified atom stereocenters. The van der Waals surface area contributed by atoms with Crippen LogP contribution >= 0.6 is 19.4 Å².